The van der Waals surface area contributed by atoms with Crippen molar-refractivity contribution < 1.29 is 14.7 Å². The number of carbonyl (C=O) groups excluding carboxylic acids is 1. The number of hydrogen-bond donors (Lipinski definition) is 2. The molecule has 0 aliphatic carbocycles. The zero-order chi connectivity index (χ0) is 14.5. The molecule has 1 aromatic heterocycles. The Kier molecular flexibility index (Phi) is 4.05. The van der Waals surface area contributed by atoms with Crippen LogP contribution in [0.2, 0.25) is 0 Å². The minimum atomic E-state index is -1.13. The summed E-state index contributed by atoms with van der Waals surface area (Å²) in [7, 11) is 0. The van der Waals surface area contributed by atoms with Crippen LogP contribution in [0.25, 0.3) is 0 Å². The van der Waals surface area contributed by atoms with Gasteiger partial charge in [0.25, 0.3) is 5.91 Å². The van der Waals surface area contributed by atoms with Crippen LogP contribution < -0.4 is 5.32 Å². The Hall–Kier alpha value is -2.76. The average molecular weight is 271 g/mol. The predicted octanol–water partition coefficient (Wildman–Crippen LogP) is 1.34. The van der Waals surface area contributed by atoms with Gasteiger partial charge in [-0.05, 0) is 18.6 Å². The highest BCUT2D eigenvalue weighted by Crippen LogP contribution is 2.13. The summed E-state index contributed by atoms with van der Waals surface area (Å²) in [6.45, 7) is 1.73. The topological polar surface area (TPSA) is 92.2 Å². The average Bonchev–Trinajstić information content (AvgIpc) is 2.45. The minimum absolute atomic E-state index is 0.139. The third-order valence-corrected chi connectivity index (χ3v) is 2.69. The summed E-state index contributed by atoms with van der Waals surface area (Å²) >= 11 is 0. The fraction of sp³-hybridized carbons (Fsp3) is 0.143. The maximum absolute atomic E-state index is 12.0. The molecule has 2 aromatic rings. The van der Waals surface area contributed by atoms with E-state index in [2.05, 4.69) is 15.3 Å². The lowest BCUT2D eigenvalue weighted by Crippen LogP contribution is -2.34. The summed E-state index contributed by atoms with van der Waals surface area (Å²) < 4.78 is 0. The second-order valence-electron chi connectivity index (χ2n) is 4.20. The lowest BCUT2D eigenvalue weighted by Gasteiger charge is -2.14. The third kappa shape index (κ3) is 3.17. The van der Waals surface area contributed by atoms with E-state index in [4.69, 9.17) is 0 Å². The van der Waals surface area contributed by atoms with E-state index >= 15 is 0 Å². The smallest absolute Gasteiger partial charge is 0.330 e. The Bertz CT molecular complexity index is 629. The Morgan fingerprint density at radius 1 is 1.20 bits per heavy atom. The van der Waals surface area contributed by atoms with E-state index in [9.17, 15) is 14.7 Å². The number of aromatic nitrogens is 2. The van der Waals surface area contributed by atoms with E-state index in [-0.39, 0.29) is 5.69 Å². The van der Waals surface area contributed by atoms with Crippen LogP contribution in [0.4, 0.5) is 0 Å². The van der Waals surface area contributed by atoms with E-state index in [1.807, 2.05) is 0 Å². The molecule has 0 fully saturated rings. The van der Waals surface area contributed by atoms with Gasteiger partial charge in [0.05, 0.1) is 0 Å². The van der Waals surface area contributed by atoms with Crippen molar-refractivity contribution in [2.45, 2.75) is 13.0 Å². The van der Waals surface area contributed by atoms with Crippen molar-refractivity contribution in [3.05, 3.63) is 59.7 Å². The van der Waals surface area contributed by atoms with Crippen LogP contribution in [0.5, 0.6) is 0 Å². The molecule has 20 heavy (non-hydrogen) atoms. The Morgan fingerprint density at radius 2 is 1.90 bits per heavy atom. The predicted molar refractivity (Wildman–Crippen MR) is 71.1 cm³/mol. The van der Waals surface area contributed by atoms with Crippen molar-refractivity contribution in [3.8, 4) is 0 Å². The van der Waals surface area contributed by atoms with Crippen LogP contribution in [0.3, 0.4) is 0 Å². The van der Waals surface area contributed by atoms with Gasteiger partial charge in [-0.3, -0.25) is 4.79 Å². The third-order valence-electron chi connectivity index (χ3n) is 2.69. The Labute approximate surface area is 115 Å². The molecule has 1 atom stereocenters. The molecular formula is C14H13N3O3. The number of carboxylic acid groups (broad SMARTS) is 1. The first-order valence-corrected chi connectivity index (χ1v) is 5.95. The summed E-state index contributed by atoms with van der Waals surface area (Å²) in [5, 5.41) is 11.7. The molecule has 6 nitrogen and oxygen atoms in total. The van der Waals surface area contributed by atoms with E-state index in [0.29, 0.717) is 11.3 Å². The molecule has 102 valence electrons. The van der Waals surface area contributed by atoms with E-state index < -0.39 is 17.9 Å². The summed E-state index contributed by atoms with van der Waals surface area (Å²) in [5.41, 5.74) is 1.27. The molecule has 0 bridgehead atoms. The van der Waals surface area contributed by atoms with Gasteiger partial charge in [-0.2, -0.15) is 0 Å². The maximum Gasteiger partial charge on any atom is 0.330 e. The zero-order valence-corrected chi connectivity index (χ0v) is 10.8. The minimum Gasteiger partial charge on any atom is -0.479 e. The molecule has 1 aromatic carbocycles. The second-order valence-corrected chi connectivity index (χ2v) is 4.20. The normalized spacial score (nSPS) is 11.7. The molecule has 1 unspecified atom stereocenters. The van der Waals surface area contributed by atoms with Crippen molar-refractivity contribution in [2.75, 3.05) is 0 Å². The lowest BCUT2D eigenvalue weighted by atomic mass is 10.1. The van der Waals surface area contributed by atoms with Crippen molar-refractivity contribution in [1.29, 1.82) is 0 Å². The van der Waals surface area contributed by atoms with Crippen LogP contribution in [-0.4, -0.2) is 27.0 Å². The van der Waals surface area contributed by atoms with Crippen molar-refractivity contribution in [2.24, 2.45) is 0 Å². The monoisotopic (exact) mass is 271 g/mol. The van der Waals surface area contributed by atoms with Crippen molar-refractivity contribution in [1.82, 2.24) is 15.3 Å². The van der Waals surface area contributed by atoms with Crippen LogP contribution in [0.1, 0.15) is 27.8 Å². The van der Waals surface area contributed by atoms with Crippen LogP contribution in [0, 0.1) is 6.92 Å². The number of aryl methyl sites for hydroxylation is 1. The Morgan fingerprint density at radius 3 is 2.50 bits per heavy atom. The molecule has 0 aliphatic rings. The first-order chi connectivity index (χ1) is 9.58. The van der Waals surface area contributed by atoms with Crippen LogP contribution >= 0.6 is 0 Å². The number of rotatable bonds is 4. The van der Waals surface area contributed by atoms with E-state index in [1.165, 1.54) is 12.4 Å². The molecule has 0 spiro atoms. The summed E-state index contributed by atoms with van der Waals surface area (Å²) in [4.78, 5) is 31.0. The first kappa shape index (κ1) is 13.7. The van der Waals surface area contributed by atoms with Gasteiger partial charge in [0, 0.05) is 5.69 Å². The molecule has 1 heterocycles. The lowest BCUT2D eigenvalue weighted by molar-refractivity contribution is -0.139. The van der Waals surface area contributed by atoms with Crippen molar-refractivity contribution in [3.63, 3.8) is 0 Å². The molecule has 0 radical (unpaired) electrons. The highest BCUT2D eigenvalue weighted by molar-refractivity contribution is 5.95. The summed E-state index contributed by atoms with van der Waals surface area (Å²) in [6.07, 6.45) is 1.27. The number of carboxylic acids is 1. The number of nitrogens with one attached hydrogen (secondary N) is 1. The molecule has 2 N–H and O–H groups in total. The molecule has 1 amide bonds. The number of nitrogens with zero attached hydrogens (tertiary/aromatic N) is 2. The van der Waals surface area contributed by atoms with Gasteiger partial charge in [-0.15, -0.1) is 0 Å². The molecule has 0 saturated heterocycles. The highest BCUT2D eigenvalue weighted by Gasteiger charge is 2.22. The summed E-state index contributed by atoms with van der Waals surface area (Å²) in [5.74, 6) is -1.68. The zero-order valence-electron chi connectivity index (χ0n) is 10.8. The largest absolute Gasteiger partial charge is 0.479 e. The molecular weight excluding hydrogens is 258 g/mol. The van der Waals surface area contributed by atoms with Crippen molar-refractivity contribution >= 4 is 11.9 Å². The number of carbonyl (C=O) groups is 2. The van der Waals surface area contributed by atoms with Gasteiger partial charge in [-0.1, -0.05) is 30.3 Å². The molecule has 0 aliphatic heterocycles. The molecule has 6 heteroatoms. The van der Waals surface area contributed by atoms with Gasteiger partial charge >= 0.3 is 5.97 Å². The van der Waals surface area contributed by atoms with Gasteiger partial charge in [-0.25, -0.2) is 14.8 Å². The van der Waals surface area contributed by atoms with Crippen LogP contribution in [0.15, 0.2) is 42.7 Å². The quantitative estimate of drug-likeness (QED) is 0.875. The maximum atomic E-state index is 12.0. The SMILES string of the molecule is Cc1cc(C(=O)NC(C(=O)O)c2ccccc2)ncn1. The number of benzene rings is 1. The molecule has 2 rings (SSSR count). The first-order valence-electron chi connectivity index (χ1n) is 5.95. The van der Waals surface area contributed by atoms with E-state index in [1.54, 1.807) is 37.3 Å². The van der Waals surface area contributed by atoms with Gasteiger partial charge < -0.3 is 10.4 Å². The standard InChI is InChI=1S/C14H13N3O3/c1-9-7-11(16-8-15-9)13(18)17-12(14(19)20)10-5-3-2-4-6-10/h2-8,12H,1H3,(H,17,18)(H,19,20). The van der Waals surface area contributed by atoms with Gasteiger partial charge in [0.1, 0.15) is 12.0 Å². The van der Waals surface area contributed by atoms with Crippen LogP contribution in [-0.2, 0) is 4.79 Å². The Balaban J connectivity index is 2.21. The number of amides is 1. The fourth-order valence-corrected chi connectivity index (χ4v) is 1.72. The second kappa shape index (κ2) is 5.92. The number of hydrogen-bond acceptors (Lipinski definition) is 4. The summed E-state index contributed by atoms with van der Waals surface area (Å²) in [6, 6.07) is 8.88. The fourth-order valence-electron chi connectivity index (χ4n) is 1.72. The highest BCUT2D eigenvalue weighted by atomic mass is 16.4. The van der Waals surface area contributed by atoms with Gasteiger partial charge in [0.15, 0.2) is 6.04 Å². The van der Waals surface area contributed by atoms with E-state index in [0.717, 1.165) is 0 Å². The molecule has 0 saturated carbocycles. The number of aliphatic carboxylic acids is 1. The van der Waals surface area contributed by atoms with Gasteiger partial charge in [0.2, 0.25) is 0 Å².